The number of hydrogen-bond acceptors (Lipinski definition) is 4. The Morgan fingerprint density at radius 1 is 1.12 bits per heavy atom. The lowest BCUT2D eigenvalue weighted by Gasteiger charge is -2.20. The first-order chi connectivity index (χ1) is 11.5. The van der Waals surface area contributed by atoms with Gasteiger partial charge in [-0.2, -0.15) is 0 Å². The van der Waals surface area contributed by atoms with Crippen LogP contribution in [0.25, 0.3) is 11.6 Å². The number of thiophene rings is 1. The van der Waals surface area contributed by atoms with Gasteiger partial charge in [-0.05, 0) is 29.0 Å². The largest absolute Gasteiger partial charge is 0.467 e. The van der Waals surface area contributed by atoms with Crippen molar-refractivity contribution in [3.05, 3.63) is 58.3 Å². The summed E-state index contributed by atoms with van der Waals surface area (Å²) in [5.74, 6) is -0.805. The maximum atomic E-state index is 12.8. The number of rotatable bonds is 6. The van der Waals surface area contributed by atoms with Gasteiger partial charge in [0.25, 0.3) is 5.91 Å². The van der Waals surface area contributed by atoms with Crippen LogP contribution in [0.4, 0.5) is 0 Å². The Kier molecular flexibility index (Phi) is 6.32. The van der Waals surface area contributed by atoms with Crippen LogP contribution in [0.15, 0.2) is 47.8 Å². The summed E-state index contributed by atoms with van der Waals surface area (Å²) in [6, 6.07) is 12.6. The van der Waals surface area contributed by atoms with E-state index < -0.39 is 12.0 Å². The number of amides is 1. The van der Waals surface area contributed by atoms with Crippen molar-refractivity contribution >= 4 is 34.9 Å². The molecule has 126 valence electrons. The van der Waals surface area contributed by atoms with Crippen LogP contribution in [0.1, 0.15) is 24.3 Å². The molecule has 1 amide bonds. The summed E-state index contributed by atoms with van der Waals surface area (Å²) in [5.41, 5.74) is 1.32. The number of carbonyl (C=O) groups is 2. The molecular weight excluding hydrogens is 322 g/mol. The van der Waals surface area contributed by atoms with E-state index in [9.17, 15) is 9.59 Å². The Balaban J connectivity index is 2.33. The first-order valence-electron chi connectivity index (χ1n) is 7.72. The van der Waals surface area contributed by atoms with E-state index in [1.165, 1.54) is 7.11 Å². The van der Waals surface area contributed by atoms with Gasteiger partial charge < -0.3 is 10.1 Å². The third kappa shape index (κ3) is 4.55. The summed E-state index contributed by atoms with van der Waals surface area (Å²) in [6.45, 7) is 3.74. The molecule has 2 rings (SSSR count). The summed E-state index contributed by atoms with van der Waals surface area (Å²) in [7, 11) is 1.32. The Hall–Kier alpha value is -2.40. The highest BCUT2D eigenvalue weighted by Gasteiger charge is 2.26. The second-order valence-electron chi connectivity index (χ2n) is 5.66. The van der Waals surface area contributed by atoms with Gasteiger partial charge in [0.2, 0.25) is 0 Å². The number of esters is 1. The van der Waals surface area contributed by atoms with E-state index in [1.807, 2.05) is 67.8 Å². The van der Waals surface area contributed by atoms with Gasteiger partial charge in [0.15, 0.2) is 0 Å². The molecule has 0 spiro atoms. The van der Waals surface area contributed by atoms with Gasteiger partial charge in [-0.15, -0.1) is 11.3 Å². The molecule has 5 heteroatoms. The minimum absolute atomic E-state index is 0.0693. The Morgan fingerprint density at radius 3 is 2.38 bits per heavy atom. The second-order valence-corrected chi connectivity index (χ2v) is 6.64. The summed E-state index contributed by atoms with van der Waals surface area (Å²) in [4.78, 5) is 25.7. The minimum atomic E-state index is -0.682. The van der Waals surface area contributed by atoms with Crippen molar-refractivity contribution < 1.29 is 14.3 Å². The Bertz CT molecular complexity index is 705. The van der Waals surface area contributed by atoms with Gasteiger partial charge in [0.1, 0.15) is 6.04 Å². The number of ether oxygens (including phenoxy) is 1. The first-order valence-corrected chi connectivity index (χ1v) is 8.60. The van der Waals surface area contributed by atoms with Crippen molar-refractivity contribution in [1.29, 1.82) is 0 Å². The molecule has 0 aliphatic heterocycles. The van der Waals surface area contributed by atoms with Gasteiger partial charge in [-0.3, -0.25) is 4.79 Å². The smallest absolute Gasteiger partial charge is 0.328 e. The Morgan fingerprint density at radius 2 is 1.83 bits per heavy atom. The lowest BCUT2D eigenvalue weighted by Crippen LogP contribution is -2.45. The van der Waals surface area contributed by atoms with E-state index in [4.69, 9.17) is 4.74 Å². The summed E-state index contributed by atoms with van der Waals surface area (Å²) in [5, 5.41) is 4.76. The van der Waals surface area contributed by atoms with Crippen molar-refractivity contribution in [2.45, 2.75) is 19.9 Å². The number of benzene rings is 1. The van der Waals surface area contributed by atoms with Crippen LogP contribution in [0.2, 0.25) is 0 Å². The quantitative estimate of drug-likeness (QED) is 0.644. The first kappa shape index (κ1) is 17.9. The summed E-state index contributed by atoms with van der Waals surface area (Å²) < 4.78 is 4.79. The molecule has 1 aromatic heterocycles. The van der Waals surface area contributed by atoms with Crippen LogP contribution in [0.5, 0.6) is 0 Å². The molecular formula is C19H21NO3S. The third-order valence-electron chi connectivity index (χ3n) is 3.57. The molecule has 0 saturated carbocycles. The molecule has 0 fully saturated rings. The average Bonchev–Trinajstić information content (AvgIpc) is 3.10. The minimum Gasteiger partial charge on any atom is -0.467 e. The maximum absolute atomic E-state index is 12.8. The van der Waals surface area contributed by atoms with Gasteiger partial charge >= 0.3 is 5.97 Å². The predicted octanol–water partition coefficient (Wildman–Crippen LogP) is 3.60. The molecule has 1 aromatic carbocycles. The van der Waals surface area contributed by atoms with E-state index in [-0.39, 0.29) is 11.8 Å². The van der Waals surface area contributed by atoms with E-state index >= 15 is 0 Å². The average molecular weight is 343 g/mol. The monoisotopic (exact) mass is 343 g/mol. The van der Waals surface area contributed by atoms with Crippen LogP contribution in [-0.4, -0.2) is 25.0 Å². The fraction of sp³-hybridized carbons (Fsp3) is 0.263. The molecule has 1 atom stereocenters. The fourth-order valence-corrected chi connectivity index (χ4v) is 2.91. The number of nitrogens with one attached hydrogen (secondary N) is 1. The van der Waals surface area contributed by atoms with E-state index in [0.717, 1.165) is 10.4 Å². The highest BCUT2D eigenvalue weighted by atomic mass is 32.1. The fourth-order valence-electron chi connectivity index (χ4n) is 2.26. The highest BCUT2D eigenvalue weighted by molar-refractivity contribution is 7.11. The molecule has 0 aliphatic rings. The lowest BCUT2D eigenvalue weighted by atomic mass is 10.0. The molecule has 1 N–H and O–H groups in total. The predicted molar refractivity (Wildman–Crippen MR) is 97.4 cm³/mol. The number of methoxy groups -OCH3 is 1. The van der Waals surface area contributed by atoms with Crippen molar-refractivity contribution in [3.8, 4) is 0 Å². The normalized spacial score (nSPS) is 12.8. The molecule has 1 heterocycles. The topological polar surface area (TPSA) is 55.4 Å². The number of hydrogen-bond donors (Lipinski definition) is 1. The van der Waals surface area contributed by atoms with Crippen LogP contribution in [0, 0.1) is 5.92 Å². The number of carbonyl (C=O) groups excluding carboxylic acids is 2. The van der Waals surface area contributed by atoms with Crippen LogP contribution < -0.4 is 5.32 Å². The molecule has 24 heavy (non-hydrogen) atoms. The summed E-state index contributed by atoms with van der Waals surface area (Å²) >= 11 is 1.55. The van der Waals surface area contributed by atoms with Gasteiger partial charge in [-0.25, -0.2) is 4.79 Å². The molecule has 0 radical (unpaired) electrons. The zero-order chi connectivity index (χ0) is 17.5. The summed E-state index contributed by atoms with van der Waals surface area (Å²) in [6.07, 6.45) is 1.84. The van der Waals surface area contributed by atoms with Crippen LogP contribution in [-0.2, 0) is 14.3 Å². The molecule has 2 aromatic rings. The van der Waals surface area contributed by atoms with E-state index in [0.29, 0.717) is 5.57 Å². The van der Waals surface area contributed by atoms with Crippen molar-refractivity contribution in [3.63, 3.8) is 0 Å². The standard InChI is InChI=1S/C19H21NO3S/c1-13(2)17(19(22)23-3)20-18(21)16(12-15-10-7-11-24-15)14-8-5-4-6-9-14/h4-13,17H,1-3H3,(H,20,21)/b16-12+/t17-/m0/s1. The van der Waals surface area contributed by atoms with Crippen LogP contribution >= 0.6 is 11.3 Å². The van der Waals surface area contributed by atoms with E-state index in [2.05, 4.69) is 5.32 Å². The molecule has 0 saturated heterocycles. The Labute approximate surface area is 146 Å². The van der Waals surface area contributed by atoms with Crippen molar-refractivity contribution in [2.24, 2.45) is 5.92 Å². The van der Waals surface area contributed by atoms with Gasteiger partial charge in [0.05, 0.1) is 7.11 Å². The van der Waals surface area contributed by atoms with Gasteiger partial charge in [0, 0.05) is 10.5 Å². The second kappa shape index (κ2) is 8.45. The molecule has 0 bridgehead atoms. The maximum Gasteiger partial charge on any atom is 0.328 e. The van der Waals surface area contributed by atoms with Crippen LogP contribution in [0.3, 0.4) is 0 Å². The molecule has 4 nitrogen and oxygen atoms in total. The van der Waals surface area contributed by atoms with Crippen molar-refractivity contribution in [1.82, 2.24) is 5.32 Å². The van der Waals surface area contributed by atoms with E-state index in [1.54, 1.807) is 11.3 Å². The molecule has 0 unspecified atom stereocenters. The van der Waals surface area contributed by atoms with Gasteiger partial charge in [-0.1, -0.05) is 50.2 Å². The lowest BCUT2D eigenvalue weighted by molar-refractivity contribution is -0.145. The molecule has 0 aliphatic carbocycles. The zero-order valence-electron chi connectivity index (χ0n) is 14.0. The third-order valence-corrected chi connectivity index (χ3v) is 4.39. The zero-order valence-corrected chi connectivity index (χ0v) is 14.8. The SMILES string of the molecule is COC(=O)[C@@H](NC(=O)/C(=C/c1cccs1)c1ccccc1)C(C)C. The highest BCUT2D eigenvalue weighted by Crippen LogP contribution is 2.21. The van der Waals surface area contributed by atoms with Crippen molar-refractivity contribution in [2.75, 3.05) is 7.11 Å².